The van der Waals surface area contributed by atoms with Crippen LogP contribution in [-0.2, 0) is 9.47 Å². The zero-order valence-corrected chi connectivity index (χ0v) is 21.5. The molecule has 8 nitrogen and oxygen atoms in total. The third kappa shape index (κ3) is 3.69. The Bertz CT molecular complexity index is 1270. The second-order valence-electron chi connectivity index (χ2n) is 11.6. The Morgan fingerprint density at radius 1 is 1.14 bits per heavy atom. The molecule has 3 fully saturated rings. The van der Waals surface area contributed by atoms with E-state index in [1.54, 1.807) is 19.4 Å². The molecule has 0 bridgehead atoms. The topological polar surface area (TPSA) is 79.2 Å². The van der Waals surface area contributed by atoms with E-state index in [1.165, 1.54) is 6.92 Å². The van der Waals surface area contributed by atoms with Crippen LogP contribution in [0.25, 0.3) is 11.3 Å². The van der Waals surface area contributed by atoms with Gasteiger partial charge in [0.2, 0.25) is 0 Å². The number of fused-ring (bicyclic) bond motifs is 6. The maximum Gasteiger partial charge on any atom is 0.192 e. The van der Waals surface area contributed by atoms with Crippen molar-refractivity contribution in [1.82, 2.24) is 9.47 Å². The summed E-state index contributed by atoms with van der Waals surface area (Å²) in [5.41, 5.74) is 2.82. The molecule has 0 N–H and O–H groups in total. The molecule has 0 saturated carbocycles. The first kappa shape index (κ1) is 23.7. The molecule has 8 heteroatoms. The van der Waals surface area contributed by atoms with Gasteiger partial charge in [0.25, 0.3) is 0 Å². The van der Waals surface area contributed by atoms with Crippen LogP contribution in [0, 0.1) is 10.8 Å². The fraction of sp³-hybridized carbons (Fsp3) is 0.571. The number of pyridine rings is 1. The molecule has 6 rings (SSSR count). The van der Waals surface area contributed by atoms with Crippen molar-refractivity contribution in [3.8, 4) is 22.8 Å². The molecular weight excluding hydrogens is 460 g/mol. The smallest absolute Gasteiger partial charge is 0.192 e. The van der Waals surface area contributed by atoms with E-state index < -0.39 is 0 Å². The summed E-state index contributed by atoms with van der Waals surface area (Å²) in [5.74, 6) is 1.07. The van der Waals surface area contributed by atoms with Gasteiger partial charge >= 0.3 is 0 Å². The number of Topliss-reactive ketones (excluding diaryl/α,β-unsaturated/α-hetero) is 1. The number of nitrogens with zero attached hydrogens (tertiary/aromatic N) is 2. The van der Waals surface area contributed by atoms with Crippen molar-refractivity contribution < 1.29 is 23.7 Å². The lowest BCUT2D eigenvalue weighted by molar-refractivity contribution is -0.189. The average molecular weight is 495 g/mol. The monoisotopic (exact) mass is 494 g/mol. The highest BCUT2D eigenvalue weighted by atomic mass is 16.5. The van der Waals surface area contributed by atoms with Gasteiger partial charge in [-0.15, -0.1) is 0 Å². The van der Waals surface area contributed by atoms with E-state index in [2.05, 4.69) is 23.3 Å². The van der Waals surface area contributed by atoms with Gasteiger partial charge < -0.3 is 28.4 Å². The second-order valence-corrected chi connectivity index (χ2v) is 11.6. The molecule has 0 aliphatic carbocycles. The molecule has 2 aromatic rings. The molecule has 0 amide bonds. The summed E-state index contributed by atoms with van der Waals surface area (Å²) in [4.78, 5) is 27.4. The van der Waals surface area contributed by atoms with Gasteiger partial charge in [-0.05, 0) is 31.0 Å². The van der Waals surface area contributed by atoms with E-state index in [4.69, 9.17) is 18.9 Å². The van der Waals surface area contributed by atoms with E-state index in [0.29, 0.717) is 30.1 Å². The average Bonchev–Trinajstić information content (AvgIpc) is 3.11. The Labute approximate surface area is 211 Å². The normalized spacial score (nSPS) is 24.8. The minimum Gasteiger partial charge on any atom is -0.493 e. The van der Waals surface area contributed by atoms with Gasteiger partial charge in [-0.2, -0.15) is 0 Å². The van der Waals surface area contributed by atoms with Crippen molar-refractivity contribution in [1.29, 1.82) is 0 Å². The first-order chi connectivity index (χ1) is 17.2. The summed E-state index contributed by atoms with van der Waals surface area (Å²) in [7, 11) is 1.63. The summed E-state index contributed by atoms with van der Waals surface area (Å²) in [5, 5.41) is 0. The van der Waals surface area contributed by atoms with Crippen molar-refractivity contribution in [2.75, 3.05) is 53.2 Å². The van der Waals surface area contributed by atoms with Crippen LogP contribution in [0.5, 0.6) is 11.5 Å². The molecule has 1 aromatic heterocycles. The molecule has 0 radical (unpaired) electrons. The zero-order valence-electron chi connectivity index (χ0n) is 21.5. The van der Waals surface area contributed by atoms with Gasteiger partial charge in [-0.25, -0.2) is 0 Å². The van der Waals surface area contributed by atoms with Crippen LogP contribution in [0.4, 0.5) is 0 Å². The van der Waals surface area contributed by atoms with Gasteiger partial charge in [-0.1, -0.05) is 13.8 Å². The van der Waals surface area contributed by atoms with E-state index in [1.807, 2.05) is 12.1 Å². The number of aromatic nitrogens is 1. The number of benzene rings is 1. The Morgan fingerprint density at radius 3 is 2.58 bits per heavy atom. The molecule has 4 aliphatic heterocycles. The van der Waals surface area contributed by atoms with E-state index in [9.17, 15) is 9.59 Å². The quantitative estimate of drug-likeness (QED) is 0.431. The number of ketones is 1. The Kier molecular flexibility index (Phi) is 5.55. The first-order valence-electron chi connectivity index (χ1n) is 12.8. The van der Waals surface area contributed by atoms with Gasteiger partial charge in [-0.3, -0.25) is 9.59 Å². The summed E-state index contributed by atoms with van der Waals surface area (Å²) in [6, 6.07) is 5.48. The van der Waals surface area contributed by atoms with Crippen molar-refractivity contribution in [3.05, 3.63) is 45.7 Å². The third-order valence-corrected chi connectivity index (χ3v) is 8.21. The fourth-order valence-electron chi connectivity index (χ4n) is 6.34. The fourth-order valence-corrected chi connectivity index (χ4v) is 6.34. The van der Waals surface area contributed by atoms with Crippen LogP contribution in [0.2, 0.25) is 0 Å². The molecule has 4 aliphatic rings. The molecule has 1 spiro atoms. The second kappa shape index (κ2) is 8.43. The van der Waals surface area contributed by atoms with Crippen LogP contribution in [0.15, 0.2) is 29.2 Å². The number of carbonyl (C=O) groups is 1. The molecule has 36 heavy (non-hydrogen) atoms. The van der Waals surface area contributed by atoms with Gasteiger partial charge in [0.15, 0.2) is 22.7 Å². The summed E-state index contributed by atoms with van der Waals surface area (Å²) in [6.45, 7) is 12.0. The minimum atomic E-state index is -0.268. The molecular formula is C28H34N2O6. The molecule has 5 heterocycles. The summed E-state index contributed by atoms with van der Waals surface area (Å²) in [6.07, 6.45) is 2.43. The van der Waals surface area contributed by atoms with Crippen LogP contribution in [0.1, 0.15) is 55.3 Å². The lowest BCUT2D eigenvalue weighted by atomic mass is 9.78. The highest BCUT2D eigenvalue weighted by molar-refractivity contribution is 5.94. The Morgan fingerprint density at radius 2 is 1.92 bits per heavy atom. The van der Waals surface area contributed by atoms with Crippen molar-refractivity contribution >= 4 is 5.78 Å². The van der Waals surface area contributed by atoms with Crippen molar-refractivity contribution in [2.45, 2.75) is 39.3 Å². The number of likely N-dealkylation sites (tertiary alicyclic amines) is 1. The number of rotatable bonds is 7. The van der Waals surface area contributed by atoms with Crippen LogP contribution in [0.3, 0.4) is 0 Å². The van der Waals surface area contributed by atoms with E-state index >= 15 is 0 Å². The third-order valence-electron chi connectivity index (χ3n) is 8.21. The van der Waals surface area contributed by atoms with Crippen LogP contribution in [-0.4, -0.2) is 68.4 Å². The first-order valence-corrected chi connectivity index (χ1v) is 12.8. The van der Waals surface area contributed by atoms with Crippen molar-refractivity contribution in [3.63, 3.8) is 0 Å². The number of carbonyl (C=O) groups excluding carboxylic acids is 1. The van der Waals surface area contributed by atoms with Crippen LogP contribution >= 0.6 is 0 Å². The highest BCUT2D eigenvalue weighted by Crippen LogP contribution is 2.56. The maximum absolute atomic E-state index is 12.8. The zero-order chi connectivity index (χ0) is 25.2. The number of ether oxygens (including phenoxy) is 4. The lowest BCUT2D eigenvalue weighted by Gasteiger charge is -2.55. The number of hydrogen-bond acceptors (Lipinski definition) is 7. The van der Waals surface area contributed by atoms with Gasteiger partial charge in [0.05, 0.1) is 50.8 Å². The molecule has 3 saturated heterocycles. The number of hydrogen-bond donors (Lipinski definition) is 0. The predicted molar refractivity (Wildman–Crippen MR) is 134 cm³/mol. The van der Waals surface area contributed by atoms with Gasteiger partial charge in [0, 0.05) is 48.3 Å². The molecule has 192 valence electrons. The molecule has 2 atom stereocenters. The Balaban J connectivity index is 1.29. The standard InChI is InChI=1S/C28H34N2O6/c1-17(31)20-11-30-21(10-22(20)32)18-8-23(33-4)24(9-19(18)25-26(30)27(2,3)14-36-25)35-7-5-6-29-12-28(13-29)15-34-16-28/h8-11,25-26H,5-7,12-16H2,1-4H3/t25-,26+/m1/s1. The highest BCUT2D eigenvalue weighted by Gasteiger charge is 2.50. The Hall–Kier alpha value is -2.68. The SMILES string of the molecule is COc1cc2c(cc1OCCCN1CC3(COC3)C1)[C@H]1OCC(C)(C)[C@H]1n1cc(C(C)=O)c(=O)cc1-2. The maximum atomic E-state index is 12.8. The molecule has 1 aromatic carbocycles. The minimum absolute atomic E-state index is 0.0471. The van der Waals surface area contributed by atoms with Crippen molar-refractivity contribution in [2.24, 2.45) is 10.8 Å². The number of methoxy groups -OCH3 is 1. The largest absolute Gasteiger partial charge is 0.493 e. The van der Waals surface area contributed by atoms with E-state index in [-0.39, 0.29) is 34.3 Å². The van der Waals surface area contributed by atoms with Crippen LogP contribution < -0.4 is 14.9 Å². The van der Waals surface area contributed by atoms with E-state index in [0.717, 1.165) is 56.1 Å². The lowest BCUT2D eigenvalue weighted by Crippen LogP contribution is -2.65. The van der Waals surface area contributed by atoms with Gasteiger partial charge in [0.1, 0.15) is 6.10 Å². The predicted octanol–water partition coefficient (Wildman–Crippen LogP) is 3.48. The summed E-state index contributed by atoms with van der Waals surface area (Å²) >= 11 is 0. The molecule has 0 unspecified atom stereocenters. The summed E-state index contributed by atoms with van der Waals surface area (Å²) < 4.78 is 25.7.